The van der Waals surface area contributed by atoms with Gasteiger partial charge < -0.3 is 15.3 Å². The molecule has 3 N–H and O–H groups in total. The molecular formula is C11H24O6S3. The van der Waals surface area contributed by atoms with Crippen LogP contribution < -0.4 is 0 Å². The molecule has 0 aromatic heterocycles. The lowest BCUT2D eigenvalue weighted by Crippen LogP contribution is -1.93. The standard InChI is InChI=1S/C5H12.3C2H4O2S/c1-5(2,3)4;3*3-2(4)1-5/h1-4H3;3*5H,1H2,(H,3,4). The predicted molar refractivity (Wildman–Crippen MR) is 89.6 cm³/mol. The minimum absolute atomic E-state index is 0.0833. The Labute approximate surface area is 136 Å². The number of carboxylic acids is 3. The predicted octanol–water partition coefficient (Wildman–Crippen LogP) is 2.05. The van der Waals surface area contributed by atoms with Crippen molar-refractivity contribution in [3.8, 4) is 0 Å². The van der Waals surface area contributed by atoms with E-state index in [1.807, 2.05) is 0 Å². The van der Waals surface area contributed by atoms with Crippen LogP contribution in [0.15, 0.2) is 0 Å². The molecule has 0 unspecified atom stereocenters. The maximum absolute atomic E-state index is 9.29. The Bertz CT molecular complexity index is 224. The highest BCUT2D eigenvalue weighted by molar-refractivity contribution is 7.81. The fourth-order valence-corrected chi connectivity index (χ4v) is 0. The molecule has 0 aromatic rings. The minimum Gasteiger partial charge on any atom is -0.481 e. The third-order valence-corrected chi connectivity index (χ3v) is 1.22. The molecule has 0 aliphatic carbocycles. The van der Waals surface area contributed by atoms with Gasteiger partial charge in [0.2, 0.25) is 0 Å². The highest BCUT2D eigenvalue weighted by Gasteiger charge is 1.95. The average molecular weight is 349 g/mol. The van der Waals surface area contributed by atoms with Crippen molar-refractivity contribution in [2.75, 3.05) is 17.3 Å². The van der Waals surface area contributed by atoms with Gasteiger partial charge in [-0.15, -0.1) is 0 Å². The van der Waals surface area contributed by atoms with Crippen molar-refractivity contribution in [1.29, 1.82) is 0 Å². The minimum atomic E-state index is -0.881. The van der Waals surface area contributed by atoms with Crippen LogP contribution in [-0.4, -0.2) is 50.5 Å². The van der Waals surface area contributed by atoms with E-state index in [1.54, 1.807) is 0 Å². The van der Waals surface area contributed by atoms with Gasteiger partial charge in [0.05, 0.1) is 17.3 Å². The largest absolute Gasteiger partial charge is 0.481 e. The van der Waals surface area contributed by atoms with Crippen LogP contribution in [0, 0.1) is 5.41 Å². The molecular weight excluding hydrogens is 324 g/mol. The van der Waals surface area contributed by atoms with E-state index in [-0.39, 0.29) is 17.3 Å². The second kappa shape index (κ2) is 18.5. The zero-order valence-corrected chi connectivity index (χ0v) is 14.7. The Hall–Kier alpha value is -0.540. The van der Waals surface area contributed by atoms with Gasteiger partial charge in [-0.2, -0.15) is 37.9 Å². The van der Waals surface area contributed by atoms with Gasteiger partial charge in [0.25, 0.3) is 0 Å². The van der Waals surface area contributed by atoms with E-state index in [1.165, 1.54) is 0 Å². The van der Waals surface area contributed by atoms with Crippen molar-refractivity contribution < 1.29 is 29.7 Å². The molecule has 0 radical (unpaired) electrons. The summed E-state index contributed by atoms with van der Waals surface area (Å²) in [7, 11) is 0. The maximum Gasteiger partial charge on any atom is 0.313 e. The monoisotopic (exact) mass is 348 g/mol. The summed E-state index contributed by atoms with van der Waals surface area (Å²) in [5.41, 5.74) is 0.500. The van der Waals surface area contributed by atoms with Crippen LogP contribution in [0.4, 0.5) is 0 Å². The Kier molecular flexibility index (Phi) is 25.6. The van der Waals surface area contributed by atoms with Crippen molar-refractivity contribution >= 4 is 55.8 Å². The molecule has 122 valence electrons. The van der Waals surface area contributed by atoms with Gasteiger partial charge in [-0.3, -0.25) is 14.4 Å². The van der Waals surface area contributed by atoms with E-state index in [2.05, 4.69) is 65.6 Å². The van der Waals surface area contributed by atoms with Gasteiger partial charge in [0, 0.05) is 0 Å². The molecule has 0 aromatic carbocycles. The first-order valence-corrected chi connectivity index (χ1v) is 7.19. The van der Waals surface area contributed by atoms with Crippen LogP contribution >= 0.6 is 37.9 Å². The summed E-state index contributed by atoms with van der Waals surface area (Å²) in [4.78, 5) is 27.9. The number of carbonyl (C=O) groups is 3. The van der Waals surface area contributed by atoms with Gasteiger partial charge in [0.1, 0.15) is 0 Å². The molecule has 0 amide bonds. The van der Waals surface area contributed by atoms with Gasteiger partial charge in [-0.1, -0.05) is 27.7 Å². The first-order chi connectivity index (χ1) is 8.81. The Morgan fingerprint density at radius 2 is 0.750 bits per heavy atom. The van der Waals surface area contributed by atoms with E-state index < -0.39 is 17.9 Å². The van der Waals surface area contributed by atoms with Gasteiger partial charge in [0.15, 0.2) is 0 Å². The molecule has 0 aliphatic rings. The van der Waals surface area contributed by atoms with Crippen LogP contribution in [-0.2, 0) is 14.4 Å². The molecule has 0 fully saturated rings. The summed E-state index contributed by atoms with van der Waals surface area (Å²) in [5, 5.41) is 22.9. The fourth-order valence-electron chi connectivity index (χ4n) is 0. The summed E-state index contributed by atoms with van der Waals surface area (Å²) in [5.74, 6) is -2.89. The number of carboxylic acid groups (broad SMARTS) is 3. The summed E-state index contributed by atoms with van der Waals surface area (Å²) < 4.78 is 0. The van der Waals surface area contributed by atoms with E-state index in [0.29, 0.717) is 5.41 Å². The van der Waals surface area contributed by atoms with E-state index in [4.69, 9.17) is 15.3 Å². The Morgan fingerprint density at radius 1 is 0.700 bits per heavy atom. The zero-order chi connectivity index (χ0) is 17.4. The number of aliphatic carboxylic acids is 3. The molecule has 0 atom stereocenters. The van der Waals surface area contributed by atoms with Gasteiger partial charge in [-0.05, 0) is 5.41 Å². The normalized spacial score (nSPS) is 8.55. The van der Waals surface area contributed by atoms with Gasteiger partial charge >= 0.3 is 17.9 Å². The van der Waals surface area contributed by atoms with E-state index in [9.17, 15) is 14.4 Å². The van der Waals surface area contributed by atoms with Crippen LogP contribution in [0.5, 0.6) is 0 Å². The van der Waals surface area contributed by atoms with Crippen LogP contribution in [0.25, 0.3) is 0 Å². The Morgan fingerprint density at radius 3 is 0.750 bits per heavy atom. The number of hydrogen-bond acceptors (Lipinski definition) is 6. The molecule has 6 nitrogen and oxygen atoms in total. The molecule has 0 saturated heterocycles. The van der Waals surface area contributed by atoms with Crippen molar-refractivity contribution in [3.05, 3.63) is 0 Å². The van der Waals surface area contributed by atoms with E-state index >= 15 is 0 Å². The van der Waals surface area contributed by atoms with Crippen LogP contribution in [0.3, 0.4) is 0 Å². The first kappa shape index (κ1) is 27.7. The summed E-state index contributed by atoms with van der Waals surface area (Å²) in [6.07, 6.45) is 0. The van der Waals surface area contributed by atoms with Crippen LogP contribution in [0.2, 0.25) is 0 Å². The molecule has 0 bridgehead atoms. The average Bonchev–Trinajstić information content (AvgIpc) is 2.28. The molecule has 0 aliphatic heterocycles. The number of rotatable bonds is 3. The highest BCUT2D eigenvalue weighted by Crippen LogP contribution is 2.08. The molecule has 0 saturated carbocycles. The molecule has 9 heteroatoms. The SMILES string of the molecule is CC(C)(C)C.O=C(O)CS.O=C(O)CS.O=C(O)CS. The molecule has 20 heavy (non-hydrogen) atoms. The second-order valence-electron chi connectivity index (χ2n) is 4.66. The number of thiol groups is 3. The number of hydrogen-bond donors (Lipinski definition) is 6. The van der Waals surface area contributed by atoms with Crippen LogP contribution in [0.1, 0.15) is 27.7 Å². The highest BCUT2D eigenvalue weighted by atomic mass is 32.1. The maximum atomic E-state index is 9.29. The molecule has 0 heterocycles. The summed E-state index contributed by atoms with van der Waals surface area (Å²) in [6, 6.07) is 0. The van der Waals surface area contributed by atoms with Crippen molar-refractivity contribution in [3.63, 3.8) is 0 Å². The fraction of sp³-hybridized carbons (Fsp3) is 0.727. The smallest absolute Gasteiger partial charge is 0.313 e. The van der Waals surface area contributed by atoms with E-state index in [0.717, 1.165) is 0 Å². The lowest BCUT2D eigenvalue weighted by atomic mass is 10.0. The molecule has 0 rings (SSSR count). The second-order valence-corrected chi connectivity index (χ2v) is 5.60. The van der Waals surface area contributed by atoms with Crippen molar-refractivity contribution in [2.24, 2.45) is 5.41 Å². The topological polar surface area (TPSA) is 112 Å². The summed E-state index contributed by atoms with van der Waals surface area (Å²) in [6.45, 7) is 8.75. The first-order valence-electron chi connectivity index (χ1n) is 5.29. The Balaban J connectivity index is -0.0000000853. The lowest BCUT2D eigenvalue weighted by Gasteiger charge is -2.05. The molecule has 0 spiro atoms. The zero-order valence-electron chi connectivity index (χ0n) is 12.0. The third kappa shape index (κ3) is 159. The van der Waals surface area contributed by atoms with Gasteiger partial charge in [-0.25, -0.2) is 0 Å². The van der Waals surface area contributed by atoms with Crippen molar-refractivity contribution in [1.82, 2.24) is 0 Å². The summed E-state index contributed by atoms with van der Waals surface area (Å²) >= 11 is 10.2. The third-order valence-electron chi connectivity index (χ3n) is 0.406. The quantitative estimate of drug-likeness (QED) is 0.435. The lowest BCUT2D eigenvalue weighted by molar-refractivity contribution is -0.134. The van der Waals surface area contributed by atoms with Crippen molar-refractivity contribution in [2.45, 2.75) is 27.7 Å².